The summed E-state index contributed by atoms with van der Waals surface area (Å²) in [5.74, 6) is -1.12. The van der Waals surface area contributed by atoms with Crippen LogP contribution in [-0.2, 0) is 0 Å². The van der Waals surface area contributed by atoms with Crippen LogP contribution >= 0.6 is 11.6 Å². The molecule has 2 aromatic heterocycles. The molecule has 0 bridgehead atoms. The summed E-state index contributed by atoms with van der Waals surface area (Å²) in [6.07, 6.45) is 0. The van der Waals surface area contributed by atoms with Crippen LogP contribution in [0.3, 0.4) is 0 Å². The smallest absolute Gasteiger partial charge is 0.239 e. The van der Waals surface area contributed by atoms with Gasteiger partial charge in [-0.3, -0.25) is 4.57 Å². The summed E-state index contributed by atoms with van der Waals surface area (Å²) in [6, 6.07) is 5.14. The van der Waals surface area contributed by atoms with E-state index < -0.39 is 133 Å². The lowest BCUT2D eigenvalue weighted by Crippen LogP contribution is -2.74. The maximum atomic E-state index is 9.97. The summed E-state index contributed by atoms with van der Waals surface area (Å²) in [6.45, 7) is 0. The highest BCUT2D eigenvalue weighted by molar-refractivity contribution is 7.19. The van der Waals surface area contributed by atoms with Gasteiger partial charge >= 0.3 is 0 Å². The first-order chi connectivity index (χ1) is 29.3. The Kier molecular flexibility index (Phi) is 3.66. The topological polar surface area (TPSA) is 43.6 Å². The van der Waals surface area contributed by atoms with Crippen LogP contribution in [0.2, 0.25) is 5.28 Å². The molecule has 8 aromatic rings. The zero-order valence-electron chi connectivity index (χ0n) is 39.9. The van der Waals surface area contributed by atoms with Gasteiger partial charge in [-0.05, 0) is 44.4 Å². The van der Waals surface area contributed by atoms with Crippen molar-refractivity contribution in [2.45, 2.75) is 0 Å². The van der Waals surface area contributed by atoms with Gasteiger partial charge in [0.1, 0.15) is 0 Å². The molecule has 0 fully saturated rings. The molecule has 0 radical (unpaired) electrons. The largest absolute Gasteiger partial charge is 0.278 e. The molecule has 6 heteroatoms. The van der Waals surface area contributed by atoms with Crippen molar-refractivity contribution < 1.29 is 23.3 Å². The molecule has 8 rings (SSSR count). The van der Waals surface area contributed by atoms with E-state index in [2.05, 4.69) is 15.0 Å². The fourth-order valence-electron chi connectivity index (χ4n) is 5.50. The van der Waals surface area contributed by atoms with Gasteiger partial charge in [0.2, 0.25) is 11.2 Å². The number of hydrogen-bond donors (Lipinski definition) is 0. The van der Waals surface area contributed by atoms with Gasteiger partial charge in [0.25, 0.3) is 0 Å². The summed E-state index contributed by atoms with van der Waals surface area (Å²) in [5.41, 5.74) is -1.22. The summed E-state index contributed by atoms with van der Waals surface area (Å²) in [5, 5.41) is -0.948. The average molecular weight is 632 g/mol. The Morgan fingerprint density at radius 1 is 0.533 bits per heavy atom. The van der Waals surface area contributed by atoms with E-state index in [1.807, 2.05) is 0 Å². The normalized spacial score (nSPS) is 17.0. The van der Waals surface area contributed by atoms with Crippen molar-refractivity contribution in [2.24, 2.45) is 0 Å². The molecular formula is C39H27ClN4Si. The molecule has 0 aliphatic heterocycles. The van der Waals surface area contributed by atoms with Gasteiger partial charge in [0.05, 0.1) is 34.3 Å². The minimum absolute atomic E-state index is 0.228. The summed E-state index contributed by atoms with van der Waals surface area (Å²) >= 11 is 6.57. The zero-order chi connectivity index (χ0) is 45.0. The second-order valence-corrected chi connectivity index (χ2v) is 13.7. The monoisotopic (exact) mass is 631 g/mol. The molecule has 6 aromatic carbocycles. The van der Waals surface area contributed by atoms with E-state index in [9.17, 15) is 8.22 Å². The number of benzene rings is 6. The second kappa shape index (κ2) is 11.3. The SMILES string of the molecule is [2H]c1c([2H])c([2H])c([Si](c2ccccc2)(c2ccccc2)c2c([2H])c([2H])c([2H])c(-c3nc(Cl)nc(-n4c5c([2H])c([2H])c([2H])c([2H])c5c5c([2H])c([2H])c([2H])c([2H])c54)n3)c2[2H])c([2H])c1[2H]. The first kappa shape index (κ1) is 14.6. The molecule has 0 aliphatic rings. The zero-order valence-corrected chi connectivity index (χ0v) is 24.7. The summed E-state index contributed by atoms with van der Waals surface area (Å²) in [4.78, 5) is 13.0. The third kappa shape index (κ3) is 4.56. The standard InChI is InChI=1S/C39H27ClN4Si/c40-38-41-37(42-39(43-38)44-35-25-12-10-23-33(35)34-24-11-13-26-36(34)44)28-15-14-22-32(27-28)45(29-16-4-1-5-17-29,30-18-6-2-7-19-30)31-20-8-3-9-21-31/h1-27H/i1D,4D,5D,10D,11D,12D,13D,14D,15D,16D,17D,22D,23D,24D,25D,26D,27D. The molecular weight excluding hydrogens is 588 g/mol. The Balaban J connectivity index is 1.56. The Morgan fingerprint density at radius 3 is 1.71 bits per heavy atom. The van der Waals surface area contributed by atoms with E-state index in [0.717, 1.165) is 4.57 Å². The van der Waals surface area contributed by atoms with E-state index in [-0.39, 0.29) is 32.2 Å². The number of hydrogen-bond acceptors (Lipinski definition) is 3. The molecule has 45 heavy (non-hydrogen) atoms. The Labute approximate surface area is 291 Å². The predicted octanol–water partition coefficient (Wildman–Crippen LogP) is 6.67. The van der Waals surface area contributed by atoms with Crippen LogP contribution in [0.15, 0.2) is 163 Å². The maximum Gasteiger partial charge on any atom is 0.239 e. The number of aromatic nitrogens is 4. The number of halogens is 1. The predicted molar refractivity (Wildman–Crippen MR) is 188 cm³/mol. The first-order valence-electron chi connectivity index (χ1n) is 22.0. The minimum Gasteiger partial charge on any atom is -0.278 e. The van der Waals surface area contributed by atoms with Gasteiger partial charge in [-0.15, -0.1) is 0 Å². The molecule has 0 saturated carbocycles. The van der Waals surface area contributed by atoms with Gasteiger partial charge in [0.15, 0.2) is 13.9 Å². The van der Waals surface area contributed by atoms with E-state index in [1.165, 1.54) is 0 Å². The van der Waals surface area contributed by atoms with Crippen LogP contribution < -0.4 is 20.7 Å². The number of nitrogens with zero attached hydrogens (tertiary/aromatic N) is 4. The Hall–Kier alpha value is -5.36. The van der Waals surface area contributed by atoms with Crippen molar-refractivity contribution in [1.82, 2.24) is 19.5 Å². The molecule has 214 valence electrons. The van der Waals surface area contributed by atoms with Crippen LogP contribution in [0.5, 0.6) is 0 Å². The lowest BCUT2D eigenvalue weighted by atomic mass is 10.2. The fraction of sp³-hybridized carbons (Fsp3) is 0. The van der Waals surface area contributed by atoms with Gasteiger partial charge in [0, 0.05) is 16.3 Å². The maximum absolute atomic E-state index is 9.97. The van der Waals surface area contributed by atoms with Crippen LogP contribution in [0, 0.1) is 0 Å². The van der Waals surface area contributed by atoms with E-state index >= 15 is 0 Å². The molecule has 0 spiro atoms. The molecule has 4 nitrogen and oxygen atoms in total. The molecule has 0 N–H and O–H groups in total. The minimum atomic E-state index is -4.54. The van der Waals surface area contributed by atoms with E-state index in [4.69, 9.17) is 26.7 Å². The fourth-order valence-corrected chi connectivity index (χ4v) is 9.84. The molecule has 0 unspecified atom stereocenters. The highest BCUT2D eigenvalue weighted by Gasteiger charge is 2.41. The first-order valence-corrected chi connectivity index (χ1v) is 15.9. The van der Waals surface area contributed by atoms with Gasteiger partial charge in [-0.2, -0.15) is 15.0 Å². The van der Waals surface area contributed by atoms with Crippen molar-refractivity contribution in [2.75, 3.05) is 0 Å². The van der Waals surface area contributed by atoms with Gasteiger partial charge in [-0.1, -0.05) is 151 Å². The number of rotatable bonds is 6. The highest BCUT2D eigenvalue weighted by atomic mass is 35.5. The molecule has 0 amide bonds. The third-order valence-corrected chi connectivity index (χ3v) is 11.9. The lowest BCUT2D eigenvalue weighted by molar-refractivity contribution is 0.947. The number of fused-ring (bicyclic) bond motifs is 3. The summed E-state index contributed by atoms with van der Waals surface area (Å²) < 4.78 is 152. The lowest BCUT2D eigenvalue weighted by Gasteiger charge is -2.34. The molecule has 0 aliphatic carbocycles. The third-order valence-electron chi connectivity index (χ3n) is 7.34. The Bertz CT molecular complexity index is 3100. The summed E-state index contributed by atoms with van der Waals surface area (Å²) in [7, 11) is -4.54. The van der Waals surface area contributed by atoms with Crippen molar-refractivity contribution in [3.63, 3.8) is 0 Å². The van der Waals surface area contributed by atoms with E-state index in [1.54, 1.807) is 60.7 Å². The molecule has 0 saturated heterocycles. The van der Waals surface area contributed by atoms with Crippen LogP contribution in [0.4, 0.5) is 0 Å². The van der Waals surface area contributed by atoms with Gasteiger partial charge < -0.3 is 0 Å². The van der Waals surface area contributed by atoms with Crippen molar-refractivity contribution in [3.8, 4) is 17.3 Å². The molecule has 2 heterocycles. The quantitative estimate of drug-likeness (QED) is 0.152. The number of para-hydroxylation sites is 2. The van der Waals surface area contributed by atoms with Crippen molar-refractivity contribution >= 4 is 62.2 Å². The average Bonchev–Trinajstić information content (AvgIpc) is 3.63. The molecule has 0 atom stereocenters. The van der Waals surface area contributed by atoms with Crippen molar-refractivity contribution in [3.05, 3.63) is 169 Å². The van der Waals surface area contributed by atoms with Gasteiger partial charge in [-0.25, -0.2) is 0 Å². The van der Waals surface area contributed by atoms with Crippen LogP contribution in [0.25, 0.3) is 39.1 Å². The van der Waals surface area contributed by atoms with Crippen LogP contribution in [-0.4, -0.2) is 27.6 Å². The van der Waals surface area contributed by atoms with E-state index in [0.29, 0.717) is 10.4 Å². The second-order valence-electron chi connectivity index (χ2n) is 9.74. The highest BCUT2D eigenvalue weighted by Crippen LogP contribution is 2.31. The Morgan fingerprint density at radius 2 is 1.09 bits per heavy atom. The van der Waals surface area contributed by atoms with Crippen molar-refractivity contribution in [1.29, 1.82) is 0 Å². The van der Waals surface area contributed by atoms with Crippen LogP contribution in [0.1, 0.15) is 23.3 Å².